The number of hydrogen-bond acceptors (Lipinski definition) is 2. The van der Waals surface area contributed by atoms with Crippen molar-refractivity contribution in [2.45, 2.75) is 38.5 Å². The van der Waals surface area contributed by atoms with E-state index in [-0.39, 0.29) is 0 Å². The fourth-order valence-electron chi connectivity index (χ4n) is 5.29. The van der Waals surface area contributed by atoms with Crippen LogP contribution in [0.3, 0.4) is 0 Å². The minimum absolute atomic E-state index is 0.575. The molecule has 0 saturated heterocycles. The summed E-state index contributed by atoms with van der Waals surface area (Å²) in [6.45, 7) is 1.12. The van der Waals surface area contributed by atoms with Gasteiger partial charge in [-0.3, -0.25) is 0 Å². The Labute approximate surface area is 123 Å². The fraction of sp³-hybridized carbons (Fsp3) is 0.688. The van der Waals surface area contributed by atoms with E-state index in [1.54, 1.807) is 0 Å². The Kier molecular flexibility index (Phi) is 2.87. The second-order valence-electron chi connectivity index (χ2n) is 7.10. The van der Waals surface area contributed by atoms with Crippen molar-refractivity contribution in [3.8, 4) is 0 Å². The summed E-state index contributed by atoms with van der Waals surface area (Å²) < 4.78 is 1.08. The average molecular weight is 321 g/mol. The van der Waals surface area contributed by atoms with Crippen molar-refractivity contribution >= 4 is 21.7 Å². The Morgan fingerprint density at radius 3 is 2.37 bits per heavy atom. The molecule has 0 aliphatic heterocycles. The van der Waals surface area contributed by atoms with E-state index in [2.05, 4.69) is 32.3 Å². The van der Waals surface area contributed by atoms with E-state index < -0.39 is 0 Å². The predicted octanol–water partition coefficient (Wildman–Crippen LogP) is 4.47. The van der Waals surface area contributed by atoms with Gasteiger partial charge >= 0.3 is 0 Å². The molecule has 1 aromatic heterocycles. The Bertz CT molecular complexity index is 450. The summed E-state index contributed by atoms with van der Waals surface area (Å²) in [5, 5.41) is 3.61. The van der Waals surface area contributed by atoms with Crippen molar-refractivity contribution in [2.75, 3.05) is 11.9 Å². The lowest BCUT2D eigenvalue weighted by molar-refractivity contribution is -0.0444. The maximum atomic E-state index is 4.44. The van der Waals surface area contributed by atoms with Gasteiger partial charge in [0.1, 0.15) is 5.82 Å². The second kappa shape index (κ2) is 4.47. The lowest BCUT2D eigenvalue weighted by Gasteiger charge is -2.57. The van der Waals surface area contributed by atoms with E-state index >= 15 is 0 Å². The molecule has 0 aromatic carbocycles. The SMILES string of the molecule is Brc1cccnc1NCC12CC3CC(CC(C3)C1)C2. The summed E-state index contributed by atoms with van der Waals surface area (Å²) in [4.78, 5) is 4.44. The van der Waals surface area contributed by atoms with Crippen LogP contribution >= 0.6 is 15.9 Å². The number of halogens is 1. The van der Waals surface area contributed by atoms with E-state index in [0.29, 0.717) is 5.41 Å². The van der Waals surface area contributed by atoms with Crippen LogP contribution in [-0.2, 0) is 0 Å². The van der Waals surface area contributed by atoms with Crippen LogP contribution in [0.2, 0.25) is 0 Å². The Hall–Kier alpha value is -0.570. The molecule has 3 heteroatoms. The van der Waals surface area contributed by atoms with Crippen LogP contribution in [0, 0.1) is 23.2 Å². The van der Waals surface area contributed by atoms with Gasteiger partial charge in [-0.15, -0.1) is 0 Å². The quantitative estimate of drug-likeness (QED) is 0.888. The molecular formula is C16H21BrN2. The number of rotatable bonds is 3. The van der Waals surface area contributed by atoms with E-state index in [4.69, 9.17) is 0 Å². The molecule has 5 rings (SSSR count). The summed E-state index contributed by atoms with van der Waals surface area (Å²) >= 11 is 3.58. The molecule has 19 heavy (non-hydrogen) atoms. The standard InChI is InChI=1S/C16H21BrN2/c17-14-2-1-3-18-15(14)19-10-16-7-11-4-12(8-16)6-13(5-11)9-16/h1-3,11-13H,4-10H2,(H,18,19). The summed E-state index contributed by atoms with van der Waals surface area (Å²) in [6, 6.07) is 4.04. The highest BCUT2D eigenvalue weighted by Gasteiger charge is 2.50. The van der Waals surface area contributed by atoms with Crippen molar-refractivity contribution in [1.82, 2.24) is 4.98 Å². The van der Waals surface area contributed by atoms with Gasteiger partial charge in [0.25, 0.3) is 0 Å². The Morgan fingerprint density at radius 1 is 1.16 bits per heavy atom. The van der Waals surface area contributed by atoms with Gasteiger partial charge in [-0.2, -0.15) is 0 Å². The first-order chi connectivity index (χ1) is 9.22. The van der Waals surface area contributed by atoms with Gasteiger partial charge in [-0.1, -0.05) is 0 Å². The third-order valence-electron chi connectivity index (χ3n) is 5.55. The molecular weight excluding hydrogens is 300 g/mol. The molecule has 0 amide bonds. The van der Waals surface area contributed by atoms with Crippen molar-refractivity contribution in [1.29, 1.82) is 0 Å². The molecule has 4 aliphatic carbocycles. The maximum absolute atomic E-state index is 4.44. The highest BCUT2D eigenvalue weighted by molar-refractivity contribution is 9.10. The van der Waals surface area contributed by atoms with Crippen molar-refractivity contribution in [3.63, 3.8) is 0 Å². The topological polar surface area (TPSA) is 24.9 Å². The molecule has 4 fully saturated rings. The first-order valence-corrected chi connectivity index (χ1v) is 8.36. The second-order valence-corrected chi connectivity index (χ2v) is 7.96. The zero-order valence-corrected chi connectivity index (χ0v) is 12.8. The number of pyridine rings is 1. The van der Waals surface area contributed by atoms with E-state index in [9.17, 15) is 0 Å². The zero-order chi connectivity index (χ0) is 12.9. The van der Waals surface area contributed by atoms with Gasteiger partial charge in [0.15, 0.2) is 0 Å². The summed E-state index contributed by atoms with van der Waals surface area (Å²) in [5.74, 6) is 4.10. The highest BCUT2D eigenvalue weighted by atomic mass is 79.9. The van der Waals surface area contributed by atoms with Crippen LogP contribution < -0.4 is 5.32 Å². The Morgan fingerprint density at radius 2 is 1.79 bits per heavy atom. The fourth-order valence-corrected chi connectivity index (χ4v) is 5.69. The van der Waals surface area contributed by atoms with E-state index in [1.165, 1.54) is 38.5 Å². The van der Waals surface area contributed by atoms with E-state index in [0.717, 1.165) is 34.6 Å². The molecule has 0 radical (unpaired) electrons. The number of nitrogens with zero attached hydrogens (tertiary/aromatic N) is 1. The van der Waals surface area contributed by atoms with Crippen LogP contribution in [0.15, 0.2) is 22.8 Å². The number of hydrogen-bond donors (Lipinski definition) is 1. The summed E-state index contributed by atoms with van der Waals surface area (Å²) in [5.41, 5.74) is 0.575. The molecule has 0 unspecified atom stereocenters. The predicted molar refractivity (Wildman–Crippen MR) is 81.0 cm³/mol. The number of nitrogens with one attached hydrogen (secondary N) is 1. The third kappa shape index (κ3) is 2.20. The van der Waals surface area contributed by atoms with Crippen molar-refractivity contribution in [2.24, 2.45) is 23.2 Å². The van der Waals surface area contributed by atoms with Crippen molar-refractivity contribution < 1.29 is 0 Å². The van der Waals surface area contributed by atoms with Crippen LogP contribution in [0.4, 0.5) is 5.82 Å². The van der Waals surface area contributed by atoms with Crippen LogP contribution in [0.1, 0.15) is 38.5 Å². The molecule has 1 heterocycles. The van der Waals surface area contributed by atoms with Gasteiger partial charge in [0.05, 0.1) is 4.47 Å². The monoisotopic (exact) mass is 320 g/mol. The van der Waals surface area contributed by atoms with Crippen LogP contribution in [0.5, 0.6) is 0 Å². The smallest absolute Gasteiger partial charge is 0.140 e. The number of anilines is 1. The molecule has 1 aromatic rings. The highest BCUT2D eigenvalue weighted by Crippen LogP contribution is 2.59. The first-order valence-electron chi connectivity index (χ1n) is 7.57. The molecule has 4 aliphatic rings. The molecule has 2 nitrogen and oxygen atoms in total. The molecule has 1 N–H and O–H groups in total. The van der Waals surface area contributed by atoms with Gasteiger partial charge in [-0.05, 0) is 89.8 Å². The minimum atomic E-state index is 0.575. The third-order valence-corrected chi connectivity index (χ3v) is 6.19. The lowest BCUT2D eigenvalue weighted by Crippen LogP contribution is -2.49. The van der Waals surface area contributed by atoms with Gasteiger partial charge in [0.2, 0.25) is 0 Å². The largest absolute Gasteiger partial charge is 0.369 e. The summed E-state index contributed by atoms with van der Waals surface area (Å²) in [7, 11) is 0. The molecule has 0 spiro atoms. The van der Waals surface area contributed by atoms with Gasteiger partial charge < -0.3 is 5.32 Å². The molecule has 102 valence electrons. The molecule has 4 saturated carbocycles. The normalized spacial score (nSPS) is 39.5. The molecule has 0 atom stereocenters. The van der Waals surface area contributed by atoms with Gasteiger partial charge in [0, 0.05) is 12.7 Å². The zero-order valence-electron chi connectivity index (χ0n) is 11.2. The van der Waals surface area contributed by atoms with Gasteiger partial charge in [-0.25, -0.2) is 4.98 Å². The van der Waals surface area contributed by atoms with Crippen molar-refractivity contribution in [3.05, 3.63) is 22.8 Å². The maximum Gasteiger partial charge on any atom is 0.140 e. The lowest BCUT2D eigenvalue weighted by atomic mass is 9.49. The minimum Gasteiger partial charge on any atom is -0.369 e. The summed E-state index contributed by atoms with van der Waals surface area (Å²) in [6.07, 6.45) is 10.8. The van der Waals surface area contributed by atoms with E-state index in [1.807, 2.05) is 12.3 Å². The van der Waals surface area contributed by atoms with Crippen LogP contribution in [-0.4, -0.2) is 11.5 Å². The molecule has 4 bridgehead atoms. The Balaban J connectivity index is 1.49. The van der Waals surface area contributed by atoms with Crippen LogP contribution in [0.25, 0.3) is 0 Å². The average Bonchev–Trinajstić information content (AvgIpc) is 2.36. The number of aromatic nitrogens is 1. The first kappa shape index (κ1) is 12.2.